The van der Waals surface area contributed by atoms with Crippen molar-refractivity contribution in [3.8, 4) is 0 Å². The Morgan fingerprint density at radius 2 is 2.07 bits per heavy atom. The topological polar surface area (TPSA) is 58.3 Å². The van der Waals surface area contributed by atoms with Crippen LogP contribution in [0.25, 0.3) is 0 Å². The molecule has 0 saturated heterocycles. The maximum Gasteiger partial charge on any atom is 0.0771 e. The van der Waals surface area contributed by atoms with Crippen molar-refractivity contribution in [1.82, 2.24) is 5.32 Å². The van der Waals surface area contributed by atoms with E-state index in [1.807, 2.05) is 0 Å². The average molecular weight is 214 g/mol. The lowest BCUT2D eigenvalue weighted by molar-refractivity contribution is -0.00842. The Labute approximate surface area is 93.4 Å². The lowest BCUT2D eigenvalue weighted by atomic mass is 9.78. The molecule has 0 spiro atoms. The third kappa shape index (κ3) is 4.49. The molecule has 0 aliphatic heterocycles. The van der Waals surface area contributed by atoms with Crippen molar-refractivity contribution in [3.63, 3.8) is 0 Å². The van der Waals surface area contributed by atoms with Crippen molar-refractivity contribution in [3.05, 3.63) is 0 Å². The van der Waals surface area contributed by atoms with E-state index in [2.05, 4.69) is 12.2 Å². The molecule has 3 heteroatoms. The monoisotopic (exact) mass is 214 g/mol. The first-order valence-electron chi connectivity index (χ1n) is 6.33. The second-order valence-electron chi connectivity index (χ2n) is 4.89. The molecule has 1 fully saturated rings. The van der Waals surface area contributed by atoms with Gasteiger partial charge in [-0.1, -0.05) is 13.3 Å². The van der Waals surface area contributed by atoms with Gasteiger partial charge in [-0.3, -0.25) is 0 Å². The molecule has 0 atom stereocenters. The van der Waals surface area contributed by atoms with Gasteiger partial charge in [0.1, 0.15) is 0 Å². The van der Waals surface area contributed by atoms with Gasteiger partial charge in [-0.25, -0.2) is 0 Å². The van der Waals surface area contributed by atoms with Crippen molar-refractivity contribution in [1.29, 1.82) is 0 Å². The Bertz CT molecular complexity index is 165. The molecular weight excluding hydrogens is 188 g/mol. The largest absolute Gasteiger partial charge is 0.389 e. The fourth-order valence-corrected chi connectivity index (χ4v) is 2.35. The zero-order valence-electron chi connectivity index (χ0n) is 9.97. The maximum atomic E-state index is 10.3. The van der Waals surface area contributed by atoms with Gasteiger partial charge in [-0.15, -0.1) is 0 Å². The summed E-state index contributed by atoms with van der Waals surface area (Å²) < 4.78 is 0. The molecule has 0 aromatic heterocycles. The Hall–Kier alpha value is -0.120. The van der Waals surface area contributed by atoms with E-state index in [-0.39, 0.29) is 0 Å². The molecule has 0 aromatic carbocycles. The fourth-order valence-electron chi connectivity index (χ4n) is 2.35. The van der Waals surface area contributed by atoms with Crippen LogP contribution in [0.4, 0.5) is 0 Å². The summed E-state index contributed by atoms with van der Waals surface area (Å²) in [5.74, 6) is 0.842. The normalized spacial score (nSPS) is 31.8. The third-order valence-corrected chi connectivity index (χ3v) is 3.62. The first-order chi connectivity index (χ1) is 7.20. The predicted octanol–water partition coefficient (Wildman–Crippen LogP) is 1.26. The summed E-state index contributed by atoms with van der Waals surface area (Å²) in [6, 6.07) is 0. The summed E-state index contributed by atoms with van der Waals surface area (Å²) in [6.07, 6.45) is 6.55. The van der Waals surface area contributed by atoms with Gasteiger partial charge in [0.15, 0.2) is 0 Å². The van der Waals surface area contributed by atoms with Crippen LogP contribution in [0.5, 0.6) is 0 Å². The van der Waals surface area contributed by atoms with Gasteiger partial charge in [0.2, 0.25) is 0 Å². The summed E-state index contributed by atoms with van der Waals surface area (Å²) in [6.45, 7) is 4.64. The quantitative estimate of drug-likeness (QED) is 0.583. The molecule has 1 aliphatic carbocycles. The lowest BCUT2D eigenvalue weighted by Gasteiger charge is -2.36. The minimum absolute atomic E-state index is 0.444. The van der Waals surface area contributed by atoms with E-state index in [9.17, 15) is 5.11 Å². The van der Waals surface area contributed by atoms with Crippen LogP contribution >= 0.6 is 0 Å². The van der Waals surface area contributed by atoms with E-state index in [4.69, 9.17) is 5.73 Å². The molecule has 0 bridgehead atoms. The van der Waals surface area contributed by atoms with E-state index in [1.165, 1.54) is 19.3 Å². The van der Waals surface area contributed by atoms with Gasteiger partial charge in [0.25, 0.3) is 0 Å². The molecule has 1 rings (SSSR count). The minimum atomic E-state index is -0.444. The number of nitrogens with one attached hydrogen (secondary N) is 1. The SMILES string of the molecule is CCC1CCC(O)(CNCCCN)CC1. The van der Waals surface area contributed by atoms with Gasteiger partial charge < -0.3 is 16.2 Å². The van der Waals surface area contributed by atoms with Crippen molar-refractivity contribution in [2.24, 2.45) is 11.7 Å². The summed E-state index contributed by atoms with van der Waals surface area (Å²) in [5.41, 5.74) is 4.97. The van der Waals surface area contributed by atoms with Crippen molar-refractivity contribution >= 4 is 0 Å². The van der Waals surface area contributed by atoms with Crippen molar-refractivity contribution in [2.75, 3.05) is 19.6 Å². The molecule has 0 amide bonds. The number of nitrogens with two attached hydrogens (primary N) is 1. The zero-order chi connectivity index (χ0) is 11.1. The highest BCUT2D eigenvalue weighted by atomic mass is 16.3. The van der Waals surface area contributed by atoms with E-state index < -0.39 is 5.60 Å². The first kappa shape index (κ1) is 12.9. The predicted molar refractivity (Wildman–Crippen MR) is 63.7 cm³/mol. The number of aliphatic hydroxyl groups is 1. The van der Waals surface area contributed by atoms with E-state index in [0.717, 1.165) is 44.8 Å². The van der Waals surface area contributed by atoms with Crippen LogP contribution in [0.2, 0.25) is 0 Å². The third-order valence-electron chi connectivity index (χ3n) is 3.62. The molecule has 1 saturated carbocycles. The Morgan fingerprint density at radius 3 is 2.60 bits per heavy atom. The molecule has 0 unspecified atom stereocenters. The Balaban J connectivity index is 2.17. The molecule has 90 valence electrons. The molecule has 0 heterocycles. The van der Waals surface area contributed by atoms with Gasteiger partial charge in [0, 0.05) is 6.54 Å². The van der Waals surface area contributed by atoms with Crippen LogP contribution in [0.15, 0.2) is 0 Å². The Kier molecular flexibility index (Phi) is 5.58. The molecule has 4 N–H and O–H groups in total. The van der Waals surface area contributed by atoms with E-state index in [0.29, 0.717) is 0 Å². The molecule has 15 heavy (non-hydrogen) atoms. The Morgan fingerprint density at radius 1 is 1.40 bits per heavy atom. The fraction of sp³-hybridized carbons (Fsp3) is 1.00. The second-order valence-corrected chi connectivity index (χ2v) is 4.89. The highest BCUT2D eigenvalue weighted by Crippen LogP contribution is 2.33. The van der Waals surface area contributed by atoms with Crippen LogP contribution < -0.4 is 11.1 Å². The molecule has 0 radical (unpaired) electrons. The summed E-state index contributed by atoms with van der Waals surface area (Å²) in [4.78, 5) is 0. The minimum Gasteiger partial charge on any atom is -0.389 e. The van der Waals surface area contributed by atoms with Crippen LogP contribution in [-0.4, -0.2) is 30.3 Å². The second kappa shape index (κ2) is 6.46. The standard InChI is InChI=1S/C12H26N2O/c1-2-11-4-6-12(15,7-5-11)10-14-9-3-8-13/h11,14-15H,2-10,13H2,1H3. The number of hydrogen-bond acceptors (Lipinski definition) is 3. The van der Waals surface area contributed by atoms with Crippen LogP contribution in [0.3, 0.4) is 0 Å². The maximum absolute atomic E-state index is 10.3. The van der Waals surface area contributed by atoms with E-state index >= 15 is 0 Å². The highest BCUT2D eigenvalue weighted by molar-refractivity contribution is 4.86. The lowest BCUT2D eigenvalue weighted by Crippen LogP contribution is -2.43. The van der Waals surface area contributed by atoms with Crippen molar-refractivity contribution in [2.45, 2.75) is 51.0 Å². The average Bonchev–Trinajstić information content (AvgIpc) is 2.26. The first-order valence-corrected chi connectivity index (χ1v) is 6.33. The van der Waals surface area contributed by atoms with E-state index in [1.54, 1.807) is 0 Å². The van der Waals surface area contributed by atoms with Gasteiger partial charge in [0.05, 0.1) is 5.60 Å². The van der Waals surface area contributed by atoms with Gasteiger partial charge in [-0.2, -0.15) is 0 Å². The van der Waals surface area contributed by atoms with Crippen LogP contribution in [-0.2, 0) is 0 Å². The summed E-state index contributed by atoms with van der Waals surface area (Å²) in [7, 11) is 0. The highest BCUT2D eigenvalue weighted by Gasteiger charge is 2.31. The van der Waals surface area contributed by atoms with Crippen LogP contribution in [0.1, 0.15) is 45.4 Å². The zero-order valence-corrected chi connectivity index (χ0v) is 9.97. The summed E-state index contributed by atoms with van der Waals surface area (Å²) >= 11 is 0. The molecular formula is C12H26N2O. The smallest absolute Gasteiger partial charge is 0.0771 e. The van der Waals surface area contributed by atoms with Gasteiger partial charge >= 0.3 is 0 Å². The van der Waals surface area contributed by atoms with Crippen molar-refractivity contribution < 1.29 is 5.11 Å². The van der Waals surface area contributed by atoms with Gasteiger partial charge in [-0.05, 0) is 51.1 Å². The summed E-state index contributed by atoms with van der Waals surface area (Å²) in [5, 5.41) is 13.6. The number of hydrogen-bond donors (Lipinski definition) is 3. The molecule has 1 aliphatic rings. The van der Waals surface area contributed by atoms with Crippen LogP contribution in [0, 0.1) is 5.92 Å². The number of rotatable bonds is 6. The molecule has 0 aromatic rings. The molecule has 3 nitrogen and oxygen atoms in total.